The van der Waals surface area contributed by atoms with E-state index in [9.17, 15) is 9.90 Å². The van der Waals surface area contributed by atoms with Crippen molar-refractivity contribution in [3.63, 3.8) is 0 Å². The number of benzene rings is 2. The van der Waals surface area contributed by atoms with E-state index in [0.29, 0.717) is 55.5 Å². The molecule has 2 fully saturated rings. The van der Waals surface area contributed by atoms with Crippen molar-refractivity contribution in [2.45, 2.75) is 49.8 Å². The lowest BCUT2D eigenvalue weighted by Gasteiger charge is -2.41. The topological polar surface area (TPSA) is 88.8 Å². The van der Waals surface area contributed by atoms with Gasteiger partial charge in [0.15, 0.2) is 5.69 Å². The number of rotatable bonds is 9. The standard InChI is InChI=1S/C30H37ClN4O4/c1-38-20-30(37)15-8-7-13-26(30)35-21-33-27(28(35)22-9-3-2-4-10-22)29(36)34-17-16-32-19-23(34)14-18-39-25-12-6-5-11-24(25)31/h2-6,9-12,21,23,26,32,37H,7-8,13-20H2,1H3/t23-,26-,30-/m1/s1. The number of carbonyl (C=O) groups is 1. The van der Waals surface area contributed by atoms with E-state index in [1.165, 1.54) is 0 Å². The van der Waals surface area contributed by atoms with E-state index < -0.39 is 5.60 Å². The average molecular weight is 553 g/mol. The lowest BCUT2D eigenvalue weighted by Crippen LogP contribution is -2.54. The summed E-state index contributed by atoms with van der Waals surface area (Å²) in [6.45, 7) is 2.64. The zero-order chi connectivity index (χ0) is 27.2. The van der Waals surface area contributed by atoms with Crippen LogP contribution < -0.4 is 10.1 Å². The van der Waals surface area contributed by atoms with Crippen LogP contribution >= 0.6 is 11.6 Å². The highest BCUT2D eigenvalue weighted by atomic mass is 35.5. The highest BCUT2D eigenvalue weighted by molar-refractivity contribution is 6.32. The van der Waals surface area contributed by atoms with Gasteiger partial charge in [-0.05, 0) is 25.0 Å². The van der Waals surface area contributed by atoms with Gasteiger partial charge >= 0.3 is 0 Å². The first-order chi connectivity index (χ1) is 19.0. The van der Waals surface area contributed by atoms with E-state index in [2.05, 4.69) is 5.32 Å². The van der Waals surface area contributed by atoms with E-state index >= 15 is 0 Å². The van der Waals surface area contributed by atoms with Gasteiger partial charge in [0.25, 0.3) is 5.91 Å². The van der Waals surface area contributed by atoms with Crippen LogP contribution in [0.3, 0.4) is 0 Å². The second-order valence-electron chi connectivity index (χ2n) is 10.4. The second-order valence-corrected chi connectivity index (χ2v) is 10.8. The highest BCUT2D eigenvalue weighted by Gasteiger charge is 2.42. The van der Waals surface area contributed by atoms with Crippen molar-refractivity contribution in [1.82, 2.24) is 19.8 Å². The Morgan fingerprint density at radius 2 is 1.97 bits per heavy atom. The van der Waals surface area contributed by atoms with Gasteiger partial charge in [-0.15, -0.1) is 0 Å². The maximum Gasteiger partial charge on any atom is 0.275 e. The van der Waals surface area contributed by atoms with E-state index in [0.717, 1.165) is 30.5 Å². The largest absolute Gasteiger partial charge is 0.492 e. The third kappa shape index (κ3) is 5.99. The van der Waals surface area contributed by atoms with Gasteiger partial charge in [-0.2, -0.15) is 0 Å². The van der Waals surface area contributed by atoms with Crippen LogP contribution in [0.5, 0.6) is 5.75 Å². The molecule has 0 radical (unpaired) electrons. The Bertz CT molecular complexity index is 1250. The third-order valence-corrected chi connectivity index (χ3v) is 8.20. The summed E-state index contributed by atoms with van der Waals surface area (Å²) in [5.74, 6) is 0.532. The van der Waals surface area contributed by atoms with E-state index in [-0.39, 0.29) is 24.6 Å². The molecule has 3 atom stereocenters. The monoisotopic (exact) mass is 552 g/mol. The number of carbonyl (C=O) groups excluding carboxylic acids is 1. The summed E-state index contributed by atoms with van der Waals surface area (Å²) < 4.78 is 13.4. The first-order valence-corrected chi connectivity index (χ1v) is 14.1. The van der Waals surface area contributed by atoms with Crippen molar-refractivity contribution in [2.24, 2.45) is 0 Å². The number of nitrogens with one attached hydrogen (secondary N) is 1. The lowest BCUT2D eigenvalue weighted by molar-refractivity contribution is -0.0893. The molecule has 2 aromatic carbocycles. The minimum Gasteiger partial charge on any atom is -0.492 e. The molecule has 0 spiro atoms. The molecule has 2 heterocycles. The molecule has 0 unspecified atom stereocenters. The van der Waals surface area contributed by atoms with Crippen molar-refractivity contribution in [2.75, 3.05) is 40.0 Å². The van der Waals surface area contributed by atoms with Gasteiger partial charge in [-0.3, -0.25) is 4.79 Å². The third-order valence-electron chi connectivity index (χ3n) is 7.89. The highest BCUT2D eigenvalue weighted by Crippen LogP contribution is 2.41. The van der Waals surface area contributed by atoms with Crippen LogP contribution in [-0.4, -0.2) is 77.1 Å². The molecule has 208 valence electrons. The first kappa shape index (κ1) is 27.6. The summed E-state index contributed by atoms with van der Waals surface area (Å²) in [5, 5.41) is 15.6. The Balaban J connectivity index is 1.43. The minimum absolute atomic E-state index is 0.0531. The Kier molecular flexibility index (Phi) is 8.87. The number of halogens is 1. The SMILES string of the molecule is COC[C@]1(O)CCCC[C@H]1n1cnc(C(=O)N2CCNC[C@H]2CCOc2ccccc2Cl)c1-c1ccccc1. The number of methoxy groups -OCH3 is 1. The summed E-state index contributed by atoms with van der Waals surface area (Å²) in [6, 6.07) is 17.0. The molecule has 2 aliphatic rings. The maximum absolute atomic E-state index is 14.1. The molecular weight excluding hydrogens is 516 g/mol. The number of hydrogen-bond acceptors (Lipinski definition) is 6. The Morgan fingerprint density at radius 3 is 2.77 bits per heavy atom. The first-order valence-electron chi connectivity index (χ1n) is 13.7. The predicted octanol–water partition coefficient (Wildman–Crippen LogP) is 4.58. The zero-order valence-electron chi connectivity index (χ0n) is 22.4. The van der Waals surface area contributed by atoms with Gasteiger partial charge in [0, 0.05) is 44.8 Å². The van der Waals surface area contributed by atoms with Crippen molar-refractivity contribution in [3.8, 4) is 17.0 Å². The number of piperazine rings is 1. The summed E-state index contributed by atoms with van der Waals surface area (Å²) in [4.78, 5) is 20.8. The van der Waals surface area contributed by atoms with E-state index in [1.54, 1.807) is 19.5 Å². The number of amides is 1. The number of para-hydroxylation sites is 1. The number of nitrogens with zero attached hydrogens (tertiary/aromatic N) is 3. The summed E-state index contributed by atoms with van der Waals surface area (Å²) in [5.41, 5.74) is 1.03. The minimum atomic E-state index is -1.02. The average Bonchev–Trinajstić information content (AvgIpc) is 3.39. The molecule has 1 saturated carbocycles. The van der Waals surface area contributed by atoms with Crippen LogP contribution in [0.4, 0.5) is 0 Å². The van der Waals surface area contributed by atoms with Gasteiger partial charge in [0.1, 0.15) is 11.4 Å². The Morgan fingerprint density at radius 1 is 1.18 bits per heavy atom. The molecule has 1 aliphatic carbocycles. The summed E-state index contributed by atoms with van der Waals surface area (Å²) >= 11 is 6.25. The number of aliphatic hydroxyl groups is 1. The molecule has 39 heavy (non-hydrogen) atoms. The Labute approximate surface area is 234 Å². The predicted molar refractivity (Wildman–Crippen MR) is 151 cm³/mol. The molecule has 0 bridgehead atoms. The molecule has 3 aromatic rings. The number of hydrogen-bond donors (Lipinski definition) is 2. The van der Waals surface area contributed by atoms with E-state index in [1.807, 2.05) is 58.0 Å². The molecule has 9 heteroatoms. The smallest absolute Gasteiger partial charge is 0.275 e. The van der Waals surface area contributed by atoms with Crippen molar-refractivity contribution in [3.05, 3.63) is 71.6 Å². The molecule has 2 N–H and O–H groups in total. The van der Waals surface area contributed by atoms with Crippen LogP contribution in [0.2, 0.25) is 5.02 Å². The lowest BCUT2D eigenvalue weighted by atomic mass is 9.80. The Hall–Kier alpha value is -2.91. The molecule has 1 aliphatic heterocycles. The quantitative estimate of drug-likeness (QED) is 0.404. The fourth-order valence-corrected chi connectivity index (χ4v) is 6.14. The van der Waals surface area contributed by atoms with Crippen molar-refractivity contribution >= 4 is 17.5 Å². The molecule has 5 rings (SSSR count). The zero-order valence-corrected chi connectivity index (χ0v) is 23.1. The molecule has 8 nitrogen and oxygen atoms in total. The van der Waals surface area contributed by atoms with Crippen LogP contribution in [-0.2, 0) is 4.74 Å². The normalized spacial score (nSPS) is 23.5. The van der Waals surface area contributed by atoms with Crippen molar-refractivity contribution in [1.29, 1.82) is 0 Å². The van der Waals surface area contributed by atoms with Crippen LogP contribution in [0, 0.1) is 0 Å². The number of imidazole rings is 1. The van der Waals surface area contributed by atoms with Crippen LogP contribution in [0.1, 0.15) is 48.6 Å². The number of ether oxygens (including phenoxy) is 2. The van der Waals surface area contributed by atoms with Gasteiger partial charge < -0.3 is 29.4 Å². The van der Waals surface area contributed by atoms with Gasteiger partial charge in [-0.25, -0.2) is 4.98 Å². The van der Waals surface area contributed by atoms with Crippen LogP contribution in [0.15, 0.2) is 60.9 Å². The fraction of sp³-hybridized carbons (Fsp3) is 0.467. The maximum atomic E-state index is 14.1. The van der Waals surface area contributed by atoms with E-state index in [4.69, 9.17) is 26.1 Å². The summed E-state index contributed by atoms with van der Waals surface area (Å²) in [6.07, 6.45) is 5.76. The van der Waals surface area contributed by atoms with Gasteiger partial charge in [-0.1, -0.05) is 66.9 Å². The molecular formula is C30H37ClN4O4. The number of aromatic nitrogens is 2. The van der Waals surface area contributed by atoms with Gasteiger partial charge in [0.05, 0.1) is 36.3 Å². The van der Waals surface area contributed by atoms with Crippen LogP contribution in [0.25, 0.3) is 11.3 Å². The second kappa shape index (κ2) is 12.5. The van der Waals surface area contributed by atoms with Gasteiger partial charge in [0.2, 0.25) is 0 Å². The fourth-order valence-electron chi connectivity index (χ4n) is 5.95. The molecule has 1 aromatic heterocycles. The molecule has 1 amide bonds. The molecule has 1 saturated heterocycles. The van der Waals surface area contributed by atoms with Crippen molar-refractivity contribution < 1.29 is 19.4 Å². The summed E-state index contributed by atoms with van der Waals surface area (Å²) in [7, 11) is 1.62.